The third-order valence-electron chi connectivity index (χ3n) is 3.07. The summed E-state index contributed by atoms with van der Waals surface area (Å²) in [5.41, 5.74) is -0.447. The summed E-state index contributed by atoms with van der Waals surface area (Å²) in [5, 5.41) is 18.6. The van der Waals surface area contributed by atoms with Crippen molar-refractivity contribution in [3.8, 4) is 0 Å². The lowest BCUT2D eigenvalue weighted by Gasteiger charge is -2.29. The van der Waals surface area contributed by atoms with Crippen LogP contribution in [-0.4, -0.2) is 37.4 Å². The molecule has 1 aromatic carbocycles. The minimum atomic E-state index is -3.78. The number of benzene rings is 1. The molecule has 0 spiro atoms. The molecular weight excluding hydrogens is 334 g/mol. The van der Waals surface area contributed by atoms with Gasteiger partial charge in [0.25, 0.3) is 0 Å². The first kappa shape index (κ1) is 16.6. The number of aryl methyl sites for hydroxylation is 1. The monoisotopic (exact) mass is 351 g/mol. The fraction of sp³-hybridized carbons (Fsp3) is 0.500. The highest BCUT2D eigenvalue weighted by Gasteiger charge is 2.32. The maximum Gasteiger partial charge on any atom is 0.241 e. The first-order valence-corrected chi connectivity index (χ1v) is 8.09. The van der Waals surface area contributed by atoms with Crippen molar-refractivity contribution in [2.24, 2.45) is 0 Å². The summed E-state index contributed by atoms with van der Waals surface area (Å²) in [4.78, 5) is 0.105. The molecule has 0 atom stereocenters. The molecule has 108 valence electrons. The van der Waals surface area contributed by atoms with Crippen LogP contribution in [0.1, 0.15) is 18.9 Å². The van der Waals surface area contributed by atoms with Crippen LogP contribution in [-0.2, 0) is 10.0 Å². The molecule has 0 heterocycles. The molecular formula is C12H18BrNO4S. The van der Waals surface area contributed by atoms with Gasteiger partial charge in [-0.3, -0.25) is 0 Å². The average molecular weight is 352 g/mol. The second kappa shape index (κ2) is 6.32. The quantitative estimate of drug-likeness (QED) is 0.717. The van der Waals surface area contributed by atoms with E-state index in [1.165, 1.54) is 12.1 Å². The van der Waals surface area contributed by atoms with Crippen LogP contribution >= 0.6 is 15.9 Å². The van der Waals surface area contributed by atoms with E-state index in [1.807, 2.05) is 0 Å². The molecule has 0 fully saturated rings. The summed E-state index contributed by atoms with van der Waals surface area (Å²) in [5.74, 6) is 0. The summed E-state index contributed by atoms with van der Waals surface area (Å²) in [7, 11) is -3.78. The van der Waals surface area contributed by atoms with Crippen LogP contribution in [0.2, 0.25) is 0 Å². The fourth-order valence-corrected chi connectivity index (χ4v) is 3.33. The Balaban J connectivity index is 3.14. The fourth-order valence-electron chi connectivity index (χ4n) is 1.54. The maximum absolute atomic E-state index is 12.2. The van der Waals surface area contributed by atoms with Crippen LogP contribution in [0.5, 0.6) is 0 Å². The summed E-state index contributed by atoms with van der Waals surface area (Å²) in [6.45, 7) is 2.56. The SMILES string of the molecule is CCC(CO)(CO)NS(=O)(=O)c1ccc(Br)c(C)c1. The van der Waals surface area contributed by atoms with E-state index in [1.54, 1.807) is 19.9 Å². The highest BCUT2D eigenvalue weighted by Crippen LogP contribution is 2.21. The van der Waals surface area contributed by atoms with Crippen LogP contribution in [0, 0.1) is 6.92 Å². The Bertz CT molecular complexity index is 532. The van der Waals surface area contributed by atoms with Gasteiger partial charge in [-0.1, -0.05) is 22.9 Å². The molecule has 0 aromatic heterocycles. The topological polar surface area (TPSA) is 86.6 Å². The third kappa shape index (κ3) is 3.76. The van der Waals surface area contributed by atoms with Gasteiger partial charge in [0.2, 0.25) is 10.0 Å². The average Bonchev–Trinajstić information content (AvgIpc) is 2.39. The van der Waals surface area contributed by atoms with E-state index < -0.39 is 28.8 Å². The van der Waals surface area contributed by atoms with Gasteiger partial charge in [-0.15, -0.1) is 0 Å². The van der Waals surface area contributed by atoms with Gasteiger partial charge in [0.15, 0.2) is 0 Å². The van der Waals surface area contributed by atoms with Gasteiger partial charge >= 0.3 is 0 Å². The molecule has 0 amide bonds. The Labute approximate surface area is 121 Å². The molecule has 5 nitrogen and oxygen atoms in total. The highest BCUT2D eigenvalue weighted by atomic mass is 79.9. The van der Waals surface area contributed by atoms with Crippen LogP contribution in [0.3, 0.4) is 0 Å². The highest BCUT2D eigenvalue weighted by molar-refractivity contribution is 9.10. The minimum Gasteiger partial charge on any atom is -0.394 e. The van der Waals surface area contributed by atoms with E-state index in [2.05, 4.69) is 20.7 Å². The van der Waals surface area contributed by atoms with E-state index in [-0.39, 0.29) is 11.3 Å². The van der Waals surface area contributed by atoms with Gasteiger partial charge in [-0.2, -0.15) is 0 Å². The van der Waals surface area contributed by atoms with E-state index in [4.69, 9.17) is 0 Å². The number of hydrogen-bond donors (Lipinski definition) is 3. The van der Waals surface area contributed by atoms with Crippen molar-refractivity contribution < 1.29 is 18.6 Å². The molecule has 1 aromatic rings. The predicted molar refractivity (Wildman–Crippen MR) is 76.4 cm³/mol. The van der Waals surface area contributed by atoms with Crippen molar-refractivity contribution in [2.75, 3.05) is 13.2 Å². The minimum absolute atomic E-state index is 0.105. The molecule has 0 radical (unpaired) electrons. The van der Waals surface area contributed by atoms with Crippen LogP contribution in [0.15, 0.2) is 27.6 Å². The Morgan fingerprint density at radius 3 is 2.32 bits per heavy atom. The zero-order chi connectivity index (χ0) is 14.7. The van der Waals surface area contributed by atoms with Crippen LogP contribution in [0.4, 0.5) is 0 Å². The zero-order valence-corrected chi connectivity index (χ0v) is 13.3. The van der Waals surface area contributed by atoms with Gasteiger partial charge in [0.05, 0.1) is 23.6 Å². The molecule has 0 bridgehead atoms. The summed E-state index contributed by atoms with van der Waals surface area (Å²) < 4.78 is 27.7. The van der Waals surface area contributed by atoms with Crippen LogP contribution in [0.25, 0.3) is 0 Å². The van der Waals surface area contributed by atoms with Gasteiger partial charge in [-0.05, 0) is 37.1 Å². The number of rotatable bonds is 6. The summed E-state index contributed by atoms with van der Waals surface area (Å²) in [6, 6.07) is 4.64. The maximum atomic E-state index is 12.2. The second-order valence-electron chi connectivity index (χ2n) is 4.47. The van der Waals surface area contributed by atoms with E-state index >= 15 is 0 Å². The Morgan fingerprint density at radius 2 is 1.89 bits per heavy atom. The van der Waals surface area contributed by atoms with Crippen molar-refractivity contribution in [3.05, 3.63) is 28.2 Å². The van der Waals surface area contributed by atoms with E-state index in [0.29, 0.717) is 0 Å². The molecule has 0 aliphatic rings. The lowest BCUT2D eigenvalue weighted by Crippen LogP contribution is -2.53. The number of sulfonamides is 1. The molecule has 1 rings (SSSR count). The molecule has 0 saturated heterocycles. The Morgan fingerprint density at radius 1 is 1.32 bits per heavy atom. The lowest BCUT2D eigenvalue weighted by molar-refractivity contribution is 0.105. The molecule has 19 heavy (non-hydrogen) atoms. The van der Waals surface area contributed by atoms with Crippen LogP contribution < -0.4 is 4.72 Å². The van der Waals surface area contributed by atoms with E-state index in [9.17, 15) is 18.6 Å². The van der Waals surface area contributed by atoms with Crippen molar-refractivity contribution in [1.29, 1.82) is 0 Å². The predicted octanol–water partition coefficient (Wildman–Crippen LogP) is 1.17. The smallest absolute Gasteiger partial charge is 0.241 e. The summed E-state index contributed by atoms with van der Waals surface area (Å²) in [6.07, 6.45) is 0.286. The van der Waals surface area contributed by atoms with Crippen molar-refractivity contribution in [2.45, 2.75) is 30.7 Å². The van der Waals surface area contributed by atoms with Gasteiger partial charge in [-0.25, -0.2) is 13.1 Å². The first-order valence-electron chi connectivity index (χ1n) is 5.82. The van der Waals surface area contributed by atoms with E-state index in [0.717, 1.165) is 10.0 Å². The van der Waals surface area contributed by atoms with Crippen molar-refractivity contribution >= 4 is 26.0 Å². The number of aliphatic hydroxyl groups excluding tert-OH is 2. The first-order chi connectivity index (χ1) is 8.80. The lowest BCUT2D eigenvalue weighted by atomic mass is 10.0. The van der Waals surface area contributed by atoms with Gasteiger partial charge in [0, 0.05) is 4.47 Å². The number of halogens is 1. The van der Waals surface area contributed by atoms with Crippen molar-refractivity contribution in [3.63, 3.8) is 0 Å². The Kier molecular flexibility index (Phi) is 5.52. The second-order valence-corrected chi connectivity index (χ2v) is 7.00. The number of aliphatic hydroxyl groups is 2. The standard InChI is InChI=1S/C12H18BrNO4S/c1-3-12(7-15,8-16)14-19(17,18)10-4-5-11(13)9(2)6-10/h4-6,14-16H,3,7-8H2,1-2H3. The molecule has 0 unspecified atom stereocenters. The molecule has 3 N–H and O–H groups in total. The molecule has 0 saturated carbocycles. The molecule has 7 heteroatoms. The number of hydrogen-bond acceptors (Lipinski definition) is 4. The third-order valence-corrected chi connectivity index (χ3v) is 5.54. The van der Waals surface area contributed by atoms with Gasteiger partial charge in [0.1, 0.15) is 0 Å². The Hall–Kier alpha value is -0.470. The normalized spacial score (nSPS) is 12.7. The molecule has 0 aliphatic carbocycles. The number of nitrogens with one attached hydrogen (secondary N) is 1. The van der Waals surface area contributed by atoms with Crippen molar-refractivity contribution in [1.82, 2.24) is 4.72 Å². The zero-order valence-electron chi connectivity index (χ0n) is 10.9. The van der Waals surface area contributed by atoms with Gasteiger partial charge < -0.3 is 10.2 Å². The molecule has 0 aliphatic heterocycles. The largest absolute Gasteiger partial charge is 0.394 e. The summed E-state index contributed by atoms with van der Waals surface area (Å²) >= 11 is 3.30.